The van der Waals surface area contributed by atoms with E-state index in [9.17, 15) is 9.90 Å². The first-order chi connectivity index (χ1) is 9.88. The molecule has 0 amide bonds. The molecule has 112 valence electrons. The fraction of sp³-hybridized carbons (Fsp3) is 0.375. The van der Waals surface area contributed by atoms with Crippen LogP contribution in [0.5, 0.6) is 0 Å². The van der Waals surface area contributed by atoms with Crippen molar-refractivity contribution < 1.29 is 9.90 Å². The van der Waals surface area contributed by atoms with E-state index in [1.165, 1.54) is 22.5 Å². The number of carboxylic acid groups (broad SMARTS) is 1. The Morgan fingerprint density at radius 2 is 1.95 bits per heavy atom. The summed E-state index contributed by atoms with van der Waals surface area (Å²) in [4.78, 5) is 18.2. The van der Waals surface area contributed by atoms with E-state index in [0.717, 1.165) is 5.13 Å². The Morgan fingerprint density at radius 3 is 2.43 bits per heavy atom. The lowest BCUT2D eigenvalue weighted by atomic mass is 10.1. The summed E-state index contributed by atoms with van der Waals surface area (Å²) >= 11 is 1.24. The molecule has 0 unspecified atom stereocenters. The van der Waals surface area contributed by atoms with E-state index in [-0.39, 0.29) is 5.92 Å². The van der Waals surface area contributed by atoms with Crippen LogP contribution in [0.15, 0.2) is 24.3 Å². The molecule has 0 saturated heterocycles. The standard InChI is InChI=1S/C16H20N2O2S/c1-10(2)13-14(15(19)20)21-16(17-13)18(4)9-12-7-5-11(3)6-8-12/h5-8,10H,9H2,1-4H3,(H,19,20). The highest BCUT2D eigenvalue weighted by Gasteiger charge is 2.21. The van der Waals surface area contributed by atoms with Crippen molar-refractivity contribution in [2.75, 3.05) is 11.9 Å². The van der Waals surface area contributed by atoms with E-state index in [4.69, 9.17) is 0 Å². The number of aryl methyl sites for hydroxylation is 1. The Labute approximate surface area is 129 Å². The van der Waals surface area contributed by atoms with Crippen molar-refractivity contribution in [3.63, 3.8) is 0 Å². The van der Waals surface area contributed by atoms with Crippen LogP contribution >= 0.6 is 11.3 Å². The molecule has 0 radical (unpaired) electrons. The molecule has 1 N–H and O–H groups in total. The summed E-state index contributed by atoms with van der Waals surface area (Å²) in [5, 5.41) is 10.0. The number of carboxylic acids is 1. The molecule has 1 aromatic heterocycles. The third kappa shape index (κ3) is 3.61. The highest BCUT2D eigenvalue weighted by molar-refractivity contribution is 7.17. The number of carbonyl (C=O) groups is 1. The van der Waals surface area contributed by atoms with Crippen LogP contribution in [-0.4, -0.2) is 23.1 Å². The van der Waals surface area contributed by atoms with E-state index in [1.54, 1.807) is 0 Å². The van der Waals surface area contributed by atoms with Gasteiger partial charge in [-0.3, -0.25) is 0 Å². The number of nitrogens with zero attached hydrogens (tertiary/aromatic N) is 2. The minimum Gasteiger partial charge on any atom is -0.477 e. The maximum atomic E-state index is 11.3. The molecule has 0 bridgehead atoms. The predicted octanol–water partition coefficient (Wildman–Crippen LogP) is 3.91. The molecule has 4 nitrogen and oxygen atoms in total. The number of aromatic nitrogens is 1. The molecule has 0 atom stereocenters. The minimum absolute atomic E-state index is 0.105. The number of aromatic carboxylic acids is 1. The van der Waals surface area contributed by atoms with E-state index >= 15 is 0 Å². The second-order valence-electron chi connectivity index (χ2n) is 5.51. The van der Waals surface area contributed by atoms with Gasteiger partial charge >= 0.3 is 5.97 Å². The van der Waals surface area contributed by atoms with Crippen LogP contribution in [0.4, 0.5) is 5.13 Å². The maximum absolute atomic E-state index is 11.3. The Balaban J connectivity index is 2.23. The molecule has 0 saturated carbocycles. The van der Waals surface area contributed by atoms with Crippen molar-refractivity contribution >= 4 is 22.4 Å². The van der Waals surface area contributed by atoms with Crippen LogP contribution in [0.1, 0.15) is 46.3 Å². The van der Waals surface area contributed by atoms with Gasteiger partial charge in [0.2, 0.25) is 0 Å². The van der Waals surface area contributed by atoms with E-state index in [1.807, 2.05) is 25.8 Å². The summed E-state index contributed by atoms with van der Waals surface area (Å²) in [7, 11) is 1.94. The summed E-state index contributed by atoms with van der Waals surface area (Å²) < 4.78 is 0. The Bertz CT molecular complexity index is 632. The van der Waals surface area contributed by atoms with Gasteiger partial charge in [0.05, 0.1) is 5.69 Å². The third-order valence-electron chi connectivity index (χ3n) is 3.25. The zero-order valence-electron chi connectivity index (χ0n) is 12.8. The molecule has 0 aliphatic carbocycles. The second-order valence-corrected chi connectivity index (χ2v) is 6.49. The van der Waals surface area contributed by atoms with Crippen molar-refractivity contribution in [2.45, 2.75) is 33.2 Å². The van der Waals surface area contributed by atoms with Gasteiger partial charge in [-0.1, -0.05) is 55.0 Å². The van der Waals surface area contributed by atoms with Crippen molar-refractivity contribution in [2.24, 2.45) is 0 Å². The third-order valence-corrected chi connectivity index (χ3v) is 4.42. The summed E-state index contributed by atoms with van der Waals surface area (Å²) in [5.74, 6) is -0.792. The van der Waals surface area contributed by atoms with E-state index in [2.05, 4.69) is 36.2 Å². The van der Waals surface area contributed by atoms with Crippen LogP contribution < -0.4 is 4.90 Å². The molecular formula is C16H20N2O2S. The molecular weight excluding hydrogens is 284 g/mol. The van der Waals surface area contributed by atoms with E-state index in [0.29, 0.717) is 17.1 Å². The van der Waals surface area contributed by atoms with Gasteiger partial charge in [-0.25, -0.2) is 9.78 Å². The van der Waals surface area contributed by atoms with Crippen molar-refractivity contribution in [3.8, 4) is 0 Å². The van der Waals surface area contributed by atoms with E-state index < -0.39 is 5.97 Å². The highest BCUT2D eigenvalue weighted by Crippen LogP contribution is 2.30. The topological polar surface area (TPSA) is 53.4 Å². The number of anilines is 1. The van der Waals surface area contributed by atoms with Gasteiger partial charge in [0.1, 0.15) is 4.88 Å². The van der Waals surface area contributed by atoms with Crippen LogP contribution in [0.25, 0.3) is 0 Å². The zero-order chi connectivity index (χ0) is 15.6. The molecule has 2 rings (SSSR count). The Hall–Kier alpha value is -1.88. The lowest BCUT2D eigenvalue weighted by Gasteiger charge is -2.15. The quantitative estimate of drug-likeness (QED) is 0.910. The predicted molar refractivity (Wildman–Crippen MR) is 86.4 cm³/mol. The first kappa shape index (κ1) is 15.5. The van der Waals surface area contributed by atoms with Gasteiger partial charge in [0, 0.05) is 13.6 Å². The van der Waals surface area contributed by atoms with Crippen LogP contribution in [0.3, 0.4) is 0 Å². The van der Waals surface area contributed by atoms with Crippen LogP contribution in [-0.2, 0) is 6.54 Å². The molecule has 0 aliphatic heterocycles. The average molecular weight is 304 g/mol. The SMILES string of the molecule is Cc1ccc(CN(C)c2nc(C(C)C)c(C(=O)O)s2)cc1. The van der Waals surface area contributed by atoms with Gasteiger partial charge in [-0.05, 0) is 18.4 Å². The van der Waals surface area contributed by atoms with Crippen molar-refractivity contribution in [1.29, 1.82) is 0 Å². The van der Waals surface area contributed by atoms with Gasteiger partial charge in [0.25, 0.3) is 0 Å². The van der Waals surface area contributed by atoms with Gasteiger partial charge in [0.15, 0.2) is 5.13 Å². The fourth-order valence-corrected chi connectivity index (χ4v) is 3.08. The lowest BCUT2D eigenvalue weighted by molar-refractivity contribution is 0.0700. The summed E-state index contributed by atoms with van der Waals surface area (Å²) in [6.07, 6.45) is 0. The Morgan fingerprint density at radius 1 is 1.33 bits per heavy atom. The first-order valence-electron chi connectivity index (χ1n) is 6.89. The number of thiazole rings is 1. The molecule has 0 spiro atoms. The monoisotopic (exact) mass is 304 g/mol. The van der Waals surface area contributed by atoms with Crippen molar-refractivity contribution in [3.05, 3.63) is 46.0 Å². The van der Waals surface area contributed by atoms with Crippen molar-refractivity contribution in [1.82, 2.24) is 4.98 Å². The maximum Gasteiger partial charge on any atom is 0.347 e. The summed E-state index contributed by atoms with van der Waals surface area (Å²) in [6, 6.07) is 8.32. The summed E-state index contributed by atoms with van der Waals surface area (Å²) in [5.41, 5.74) is 3.07. The zero-order valence-corrected chi connectivity index (χ0v) is 13.6. The smallest absolute Gasteiger partial charge is 0.347 e. The molecule has 0 aliphatic rings. The molecule has 1 aromatic carbocycles. The van der Waals surface area contributed by atoms with Crippen LogP contribution in [0, 0.1) is 6.92 Å². The molecule has 21 heavy (non-hydrogen) atoms. The number of benzene rings is 1. The van der Waals surface area contributed by atoms with Gasteiger partial charge in [-0.2, -0.15) is 0 Å². The fourth-order valence-electron chi connectivity index (χ4n) is 2.06. The summed E-state index contributed by atoms with van der Waals surface area (Å²) in [6.45, 7) is 6.70. The normalized spacial score (nSPS) is 10.9. The Kier molecular flexibility index (Phi) is 4.63. The average Bonchev–Trinajstić information content (AvgIpc) is 2.87. The van der Waals surface area contributed by atoms with Crippen LogP contribution in [0.2, 0.25) is 0 Å². The number of hydrogen-bond donors (Lipinski definition) is 1. The number of rotatable bonds is 5. The molecule has 2 aromatic rings. The highest BCUT2D eigenvalue weighted by atomic mass is 32.1. The first-order valence-corrected chi connectivity index (χ1v) is 7.71. The number of hydrogen-bond acceptors (Lipinski definition) is 4. The van der Waals surface area contributed by atoms with Gasteiger partial charge in [-0.15, -0.1) is 0 Å². The molecule has 0 fully saturated rings. The molecule has 5 heteroatoms. The lowest BCUT2D eigenvalue weighted by Crippen LogP contribution is -2.16. The second kappa shape index (κ2) is 6.26. The molecule has 1 heterocycles. The largest absolute Gasteiger partial charge is 0.477 e. The minimum atomic E-state index is -0.897. The van der Waals surface area contributed by atoms with Gasteiger partial charge < -0.3 is 10.0 Å².